The lowest BCUT2D eigenvalue weighted by molar-refractivity contribution is 0.440. The molecule has 0 aromatic heterocycles. The first-order valence-electron chi connectivity index (χ1n) is 5.64. The summed E-state index contributed by atoms with van der Waals surface area (Å²) in [6, 6.07) is 0. The molecule has 0 aliphatic heterocycles. The monoisotopic (exact) mass is 233 g/mol. The van der Waals surface area contributed by atoms with Crippen LogP contribution in [0.25, 0.3) is 0 Å². The summed E-state index contributed by atoms with van der Waals surface area (Å²) in [5.41, 5.74) is 0. The van der Waals surface area contributed by atoms with Crippen LogP contribution in [0, 0.1) is 11.8 Å². The van der Waals surface area contributed by atoms with Gasteiger partial charge < -0.3 is 5.32 Å². The SMILES string of the molecule is CC(CNCC(C)(C)S(C)(=O)=O)C1CC1. The van der Waals surface area contributed by atoms with E-state index in [0.717, 1.165) is 12.5 Å². The fourth-order valence-corrected chi connectivity index (χ4v) is 1.93. The van der Waals surface area contributed by atoms with Crippen molar-refractivity contribution in [1.29, 1.82) is 0 Å². The molecule has 0 aromatic rings. The van der Waals surface area contributed by atoms with E-state index < -0.39 is 14.6 Å². The largest absolute Gasteiger partial charge is 0.315 e. The molecule has 0 saturated heterocycles. The molecule has 0 radical (unpaired) electrons. The quantitative estimate of drug-likeness (QED) is 0.755. The van der Waals surface area contributed by atoms with Crippen LogP contribution in [0.4, 0.5) is 0 Å². The van der Waals surface area contributed by atoms with Crippen LogP contribution in [0.1, 0.15) is 33.6 Å². The van der Waals surface area contributed by atoms with Gasteiger partial charge in [-0.1, -0.05) is 6.92 Å². The fourth-order valence-electron chi connectivity index (χ4n) is 1.56. The predicted molar refractivity (Wildman–Crippen MR) is 63.7 cm³/mol. The normalized spacial score (nSPS) is 20.3. The van der Waals surface area contributed by atoms with E-state index in [0.29, 0.717) is 12.5 Å². The van der Waals surface area contributed by atoms with Crippen molar-refractivity contribution in [3.63, 3.8) is 0 Å². The number of sulfone groups is 1. The highest BCUT2D eigenvalue weighted by atomic mass is 32.2. The van der Waals surface area contributed by atoms with Gasteiger partial charge >= 0.3 is 0 Å². The van der Waals surface area contributed by atoms with Gasteiger partial charge in [0.2, 0.25) is 0 Å². The van der Waals surface area contributed by atoms with Crippen molar-refractivity contribution in [2.24, 2.45) is 11.8 Å². The zero-order chi connectivity index (χ0) is 11.7. The molecule has 1 N–H and O–H groups in total. The van der Waals surface area contributed by atoms with Gasteiger partial charge in [0.25, 0.3) is 0 Å². The van der Waals surface area contributed by atoms with Gasteiger partial charge in [-0.3, -0.25) is 0 Å². The highest BCUT2D eigenvalue weighted by Gasteiger charge is 2.31. The van der Waals surface area contributed by atoms with E-state index in [1.54, 1.807) is 13.8 Å². The Kier molecular flexibility index (Phi) is 3.82. The second-order valence-corrected chi connectivity index (χ2v) is 8.13. The second kappa shape index (κ2) is 4.42. The van der Waals surface area contributed by atoms with Gasteiger partial charge in [0.1, 0.15) is 0 Å². The third-order valence-corrected chi connectivity index (χ3v) is 5.60. The highest BCUT2D eigenvalue weighted by Crippen LogP contribution is 2.36. The maximum Gasteiger partial charge on any atom is 0.153 e. The third kappa shape index (κ3) is 3.76. The van der Waals surface area contributed by atoms with E-state index in [1.807, 2.05) is 0 Å². The van der Waals surface area contributed by atoms with E-state index in [-0.39, 0.29) is 0 Å². The maximum atomic E-state index is 11.4. The molecule has 15 heavy (non-hydrogen) atoms. The summed E-state index contributed by atoms with van der Waals surface area (Å²) >= 11 is 0. The average molecular weight is 233 g/mol. The van der Waals surface area contributed by atoms with Gasteiger partial charge in [-0.05, 0) is 45.1 Å². The predicted octanol–water partition coefficient (Wildman–Crippen LogP) is 1.45. The van der Waals surface area contributed by atoms with E-state index >= 15 is 0 Å². The van der Waals surface area contributed by atoms with Gasteiger partial charge in [0.15, 0.2) is 9.84 Å². The number of nitrogens with one attached hydrogen (secondary N) is 1. The second-order valence-electron chi connectivity index (χ2n) is 5.48. The molecule has 1 fully saturated rings. The Morgan fingerprint density at radius 2 is 1.93 bits per heavy atom. The van der Waals surface area contributed by atoms with Crippen LogP contribution < -0.4 is 5.32 Å². The average Bonchev–Trinajstić information content (AvgIpc) is 2.83. The molecule has 1 saturated carbocycles. The van der Waals surface area contributed by atoms with Crippen molar-refractivity contribution >= 4 is 9.84 Å². The Balaban J connectivity index is 2.29. The summed E-state index contributed by atoms with van der Waals surface area (Å²) in [6.07, 6.45) is 4.00. The zero-order valence-corrected chi connectivity index (χ0v) is 11.0. The Labute approximate surface area is 93.6 Å². The Bertz CT molecular complexity index is 305. The van der Waals surface area contributed by atoms with Crippen LogP contribution in [-0.2, 0) is 9.84 Å². The highest BCUT2D eigenvalue weighted by molar-refractivity contribution is 7.92. The van der Waals surface area contributed by atoms with Gasteiger partial charge in [-0.2, -0.15) is 0 Å². The van der Waals surface area contributed by atoms with Crippen LogP contribution in [0.2, 0.25) is 0 Å². The summed E-state index contributed by atoms with van der Waals surface area (Å²) < 4.78 is 22.2. The lowest BCUT2D eigenvalue weighted by Gasteiger charge is -2.24. The molecule has 1 aliphatic rings. The maximum absolute atomic E-state index is 11.4. The fraction of sp³-hybridized carbons (Fsp3) is 1.00. The molecule has 0 spiro atoms. The molecule has 0 aromatic carbocycles. The van der Waals surface area contributed by atoms with E-state index in [9.17, 15) is 8.42 Å². The van der Waals surface area contributed by atoms with E-state index in [4.69, 9.17) is 0 Å². The first-order valence-corrected chi connectivity index (χ1v) is 7.53. The minimum Gasteiger partial charge on any atom is -0.315 e. The molecule has 0 bridgehead atoms. The molecule has 1 atom stereocenters. The smallest absolute Gasteiger partial charge is 0.153 e. The Morgan fingerprint density at radius 1 is 1.40 bits per heavy atom. The van der Waals surface area contributed by atoms with Crippen molar-refractivity contribution in [1.82, 2.24) is 5.32 Å². The van der Waals surface area contributed by atoms with Gasteiger partial charge in [0, 0.05) is 12.8 Å². The minimum absolute atomic E-state index is 0.545. The Morgan fingerprint density at radius 3 is 2.33 bits per heavy atom. The number of hydrogen-bond acceptors (Lipinski definition) is 3. The van der Waals surface area contributed by atoms with Crippen LogP contribution >= 0.6 is 0 Å². The third-order valence-electron chi connectivity index (χ3n) is 3.45. The molecular weight excluding hydrogens is 210 g/mol. The van der Waals surface area contributed by atoms with E-state index in [2.05, 4.69) is 12.2 Å². The molecule has 1 unspecified atom stereocenters. The van der Waals surface area contributed by atoms with Crippen molar-refractivity contribution in [3.8, 4) is 0 Å². The molecule has 1 rings (SSSR count). The number of rotatable bonds is 6. The molecule has 0 heterocycles. The van der Waals surface area contributed by atoms with Gasteiger partial charge in [-0.25, -0.2) is 8.42 Å². The summed E-state index contributed by atoms with van der Waals surface area (Å²) in [5, 5.41) is 3.27. The van der Waals surface area contributed by atoms with Gasteiger partial charge in [-0.15, -0.1) is 0 Å². The standard InChI is InChI=1S/C11H23NO2S/c1-9(10-5-6-10)7-12-8-11(2,3)15(4,13)14/h9-10,12H,5-8H2,1-4H3. The first kappa shape index (κ1) is 13.0. The van der Waals surface area contributed by atoms with Crippen molar-refractivity contribution in [2.45, 2.75) is 38.4 Å². The van der Waals surface area contributed by atoms with Crippen LogP contribution in [0.5, 0.6) is 0 Å². The molecule has 1 aliphatic carbocycles. The van der Waals surface area contributed by atoms with Crippen LogP contribution in [0.15, 0.2) is 0 Å². The molecule has 3 nitrogen and oxygen atoms in total. The van der Waals surface area contributed by atoms with Gasteiger partial charge in [0.05, 0.1) is 4.75 Å². The van der Waals surface area contributed by atoms with Crippen LogP contribution in [-0.4, -0.2) is 32.5 Å². The Hall–Kier alpha value is -0.0900. The molecule has 0 amide bonds. The van der Waals surface area contributed by atoms with E-state index in [1.165, 1.54) is 19.1 Å². The molecule has 4 heteroatoms. The summed E-state index contributed by atoms with van der Waals surface area (Å²) in [5.74, 6) is 1.55. The first-order chi connectivity index (χ1) is 6.74. The van der Waals surface area contributed by atoms with Crippen LogP contribution in [0.3, 0.4) is 0 Å². The van der Waals surface area contributed by atoms with Crippen molar-refractivity contribution in [3.05, 3.63) is 0 Å². The van der Waals surface area contributed by atoms with Crippen molar-refractivity contribution in [2.75, 3.05) is 19.3 Å². The lowest BCUT2D eigenvalue weighted by atomic mass is 10.1. The lowest BCUT2D eigenvalue weighted by Crippen LogP contribution is -2.42. The summed E-state index contributed by atoms with van der Waals surface area (Å²) in [7, 11) is -2.97. The topological polar surface area (TPSA) is 46.2 Å². The molecule has 90 valence electrons. The zero-order valence-electron chi connectivity index (χ0n) is 10.2. The summed E-state index contributed by atoms with van der Waals surface area (Å²) in [4.78, 5) is 0. The summed E-state index contributed by atoms with van der Waals surface area (Å²) in [6.45, 7) is 7.26. The number of hydrogen-bond donors (Lipinski definition) is 1. The minimum atomic E-state index is -2.97. The molecular formula is C11H23NO2S. The van der Waals surface area contributed by atoms with Crippen molar-refractivity contribution < 1.29 is 8.42 Å².